The van der Waals surface area contributed by atoms with Crippen LogP contribution in [0.1, 0.15) is 53.7 Å². The Morgan fingerprint density at radius 1 is 1.50 bits per heavy atom. The molecule has 2 aromatic heterocycles. The molecule has 1 atom stereocenters. The van der Waals surface area contributed by atoms with Gasteiger partial charge in [0, 0.05) is 18.0 Å². The van der Waals surface area contributed by atoms with E-state index in [1.54, 1.807) is 0 Å². The molecule has 3 rings (SSSR count). The summed E-state index contributed by atoms with van der Waals surface area (Å²) in [6.45, 7) is 3.63. The maximum Gasteiger partial charge on any atom is 0.388 e. The van der Waals surface area contributed by atoms with E-state index in [0.717, 1.165) is 40.5 Å². The molecular weight excluding hydrogens is 386 g/mol. The molecule has 2 heterocycles. The van der Waals surface area contributed by atoms with Gasteiger partial charge in [0.05, 0.1) is 5.56 Å². The summed E-state index contributed by atoms with van der Waals surface area (Å²) in [7, 11) is 1.41. The molecule has 1 amide bonds. The second kappa shape index (κ2) is 7.51. The van der Waals surface area contributed by atoms with Gasteiger partial charge in [-0.15, -0.1) is 11.3 Å². The molecule has 0 aliphatic heterocycles. The Morgan fingerprint density at radius 3 is 2.82 bits per heavy atom. The number of fused-ring (bicyclic) bond motifs is 1. The number of aromatic nitrogens is 2. The molecule has 0 saturated heterocycles. The van der Waals surface area contributed by atoms with Crippen molar-refractivity contribution in [1.29, 1.82) is 5.26 Å². The minimum Gasteiger partial charge on any atom is -0.417 e. The molecule has 0 aromatic carbocycles. The average Bonchev–Trinajstić information content (AvgIpc) is 3.13. The van der Waals surface area contributed by atoms with Crippen molar-refractivity contribution >= 4 is 22.2 Å². The van der Waals surface area contributed by atoms with Crippen LogP contribution in [-0.4, -0.2) is 22.3 Å². The van der Waals surface area contributed by atoms with Gasteiger partial charge in [0.2, 0.25) is 5.88 Å². The number of carbonyl (C=O) groups is 1. The number of carbonyl (C=O) groups excluding carboxylic acids is 1. The highest BCUT2D eigenvalue weighted by Crippen LogP contribution is 2.44. The van der Waals surface area contributed by atoms with Crippen LogP contribution in [0.3, 0.4) is 0 Å². The molecule has 1 N–H and O–H groups in total. The zero-order valence-corrected chi connectivity index (χ0v) is 17.0. The molecule has 150 valence electrons. The van der Waals surface area contributed by atoms with Gasteiger partial charge in [-0.1, -0.05) is 20.8 Å². The van der Waals surface area contributed by atoms with Crippen LogP contribution in [-0.2, 0) is 19.9 Å². The Bertz CT molecular complexity index is 937. The summed E-state index contributed by atoms with van der Waals surface area (Å²) in [5.41, 5.74) is 1.61. The van der Waals surface area contributed by atoms with E-state index in [0.29, 0.717) is 16.5 Å². The van der Waals surface area contributed by atoms with Crippen molar-refractivity contribution < 1.29 is 18.3 Å². The standard InChI is InChI=1S/C19H22F2N4O2S/c1-19(2,3)10-5-6-11-12(9-22)17(28-14(11)7-10)23-16(26)13-8-15(25(4)24-13)27-18(20)21/h8,10,18H,5-7H2,1-4H3,(H,23,26). The Hall–Kier alpha value is -2.47. The van der Waals surface area contributed by atoms with Crippen LogP contribution < -0.4 is 10.1 Å². The van der Waals surface area contributed by atoms with Crippen LogP contribution in [0.4, 0.5) is 13.8 Å². The third-order valence-electron chi connectivity index (χ3n) is 5.11. The lowest BCUT2D eigenvalue weighted by molar-refractivity contribution is -0.0553. The zero-order chi connectivity index (χ0) is 20.6. The molecule has 1 aliphatic rings. The van der Waals surface area contributed by atoms with Crippen LogP contribution in [0.2, 0.25) is 0 Å². The van der Waals surface area contributed by atoms with Crippen LogP contribution in [0.15, 0.2) is 6.07 Å². The van der Waals surface area contributed by atoms with Crippen molar-refractivity contribution in [2.75, 3.05) is 5.32 Å². The first kappa shape index (κ1) is 20.3. The van der Waals surface area contributed by atoms with Crippen LogP contribution in [0.25, 0.3) is 0 Å². The lowest BCUT2D eigenvalue weighted by atomic mass is 9.72. The van der Waals surface area contributed by atoms with Gasteiger partial charge in [-0.25, -0.2) is 4.68 Å². The van der Waals surface area contributed by atoms with Crippen LogP contribution in [0.5, 0.6) is 5.88 Å². The smallest absolute Gasteiger partial charge is 0.388 e. The Kier molecular flexibility index (Phi) is 5.44. The minimum absolute atomic E-state index is 0.0546. The summed E-state index contributed by atoms with van der Waals surface area (Å²) in [4.78, 5) is 13.7. The van der Waals surface area contributed by atoms with Crippen molar-refractivity contribution in [2.45, 2.75) is 46.6 Å². The third-order valence-corrected chi connectivity index (χ3v) is 6.28. The summed E-state index contributed by atoms with van der Waals surface area (Å²) in [6.07, 6.45) is 2.69. The predicted octanol–water partition coefficient (Wildman–Crippen LogP) is 4.36. The minimum atomic E-state index is -3.00. The molecule has 2 aromatic rings. The zero-order valence-electron chi connectivity index (χ0n) is 16.2. The number of nitrogens with one attached hydrogen (secondary N) is 1. The number of aryl methyl sites for hydroxylation is 1. The molecule has 0 radical (unpaired) electrons. The molecule has 1 unspecified atom stereocenters. The Morgan fingerprint density at radius 2 is 2.21 bits per heavy atom. The topological polar surface area (TPSA) is 79.9 Å². The normalized spacial score (nSPS) is 16.6. The number of ether oxygens (including phenoxy) is 1. The van der Waals surface area contributed by atoms with E-state index in [4.69, 9.17) is 0 Å². The molecule has 28 heavy (non-hydrogen) atoms. The van der Waals surface area contributed by atoms with Crippen molar-refractivity contribution in [3.8, 4) is 11.9 Å². The van der Waals surface area contributed by atoms with Gasteiger partial charge >= 0.3 is 6.61 Å². The maximum absolute atomic E-state index is 12.5. The number of anilines is 1. The highest BCUT2D eigenvalue weighted by atomic mass is 32.1. The second-order valence-corrected chi connectivity index (χ2v) is 9.05. The lowest BCUT2D eigenvalue weighted by Gasteiger charge is -2.33. The summed E-state index contributed by atoms with van der Waals surface area (Å²) in [5.74, 6) is -0.264. The second-order valence-electron chi connectivity index (χ2n) is 7.95. The van der Waals surface area contributed by atoms with Gasteiger partial charge in [-0.05, 0) is 36.2 Å². The van der Waals surface area contributed by atoms with E-state index in [2.05, 4.69) is 42.0 Å². The number of rotatable bonds is 4. The summed E-state index contributed by atoms with van der Waals surface area (Å²) in [5, 5.41) is 16.7. The fourth-order valence-corrected chi connectivity index (χ4v) is 4.73. The highest BCUT2D eigenvalue weighted by molar-refractivity contribution is 7.16. The maximum atomic E-state index is 12.5. The molecule has 9 heteroatoms. The average molecular weight is 408 g/mol. The van der Waals surface area contributed by atoms with Gasteiger partial charge < -0.3 is 10.1 Å². The first-order valence-electron chi connectivity index (χ1n) is 8.95. The molecular formula is C19H22F2N4O2S. The van der Waals surface area contributed by atoms with Gasteiger partial charge in [0.25, 0.3) is 5.91 Å². The fraction of sp³-hybridized carbons (Fsp3) is 0.526. The fourth-order valence-electron chi connectivity index (χ4n) is 3.46. The first-order valence-corrected chi connectivity index (χ1v) is 9.76. The number of amides is 1. The van der Waals surface area contributed by atoms with E-state index in [-0.39, 0.29) is 17.0 Å². The number of hydrogen-bond acceptors (Lipinski definition) is 5. The van der Waals surface area contributed by atoms with E-state index in [1.807, 2.05) is 0 Å². The highest BCUT2D eigenvalue weighted by Gasteiger charge is 2.32. The van der Waals surface area contributed by atoms with Gasteiger partial charge in [-0.3, -0.25) is 4.79 Å². The number of nitrogens with zero attached hydrogens (tertiary/aromatic N) is 3. The molecule has 6 nitrogen and oxygen atoms in total. The van der Waals surface area contributed by atoms with Crippen molar-refractivity contribution in [3.05, 3.63) is 27.8 Å². The van der Waals surface area contributed by atoms with Gasteiger partial charge in [-0.2, -0.15) is 19.1 Å². The summed E-state index contributed by atoms with van der Waals surface area (Å²) >= 11 is 1.41. The molecule has 1 aliphatic carbocycles. The van der Waals surface area contributed by atoms with E-state index in [1.165, 1.54) is 18.4 Å². The Balaban J connectivity index is 1.83. The molecule has 0 saturated carbocycles. The van der Waals surface area contributed by atoms with Crippen molar-refractivity contribution in [1.82, 2.24) is 9.78 Å². The molecule has 0 fully saturated rings. The monoisotopic (exact) mass is 408 g/mol. The summed E-state index contributed by atoms with van der Waals surface area (Å²) < 4.78 is 30.2. The largest absolute Gasteiger partial charge is 0.417 e. The molecule has 0 bridgehead atoms. The van der Waals surface area contributed by atoms with E-state index < -0.39 is 12.5 Å². The van der Waals surface area contributed by atoms with Gasteiger partial charge in [0.1, 0.15) is 11.1 Å². The third kappa shape index (κ3) is 4.02. The van der Waals surface area contributed by atoms with Gasteiger partial charge in [0.15, 0.2) is 5.69 Å². The SMILES string of the molecule is Cn1nc(C(=O)Nc2sc3c(c2C#N)CCC(C(C)(C)C)C3)cc1OC(F)F. The van der Waals surface area contributed by atoms with Crippen LogP contribution in [0, 0.1) is 22.7 Å². The van der Waals surface area contributed by atoms with Crippen molar-refractivity contribution in [2.24, 2.45) is 18.4 Å². The number of nitriles is 1. The summed E-state index contributed by atoms with van der Waals surface area (Å²) in [6, 6.07) is 3.35. The number of halogens is 2. The predicted molar refractivity (Wildman–Crippen MR) is 102 cm³/mol. The Labute approximate surface area is 166 Å². The van der Waals surface area contributed by atoms with E-state index >= 15 is 0 Å². The molecule has 0 spiro atoms. The van der Waals surface area contributed by atoms with Crippen molar-refractivity contribution in [3.63, 3.8) is 0 Å². The number of thiophene rings is 1. The lowest BCUT2D eigenvalue weighted by Crippen LogP contribution is -2.26. The number of alkyl halides is 2. The quantitative estimate of drug-likeness (QED) is 0.815. The van der Waals surface area contributed by atoms with Crippen LogP contribution >= 0.6 is 11.3 Å². The first-order chi connectivity index (χ1) is 13.1. The number of hydrogen-bond donors (Lipinski definition) is 1. The van der Waals surface area contributed by atoms with E-state index in [9.17, 15) is 18.8 Å².